The molecule has 0 aliphatic rings. The number of nitrogens with zero attached hydrogens (tertiary/aromatic N) is 2. The number of carbonyl (C=O) groups is 2. The van der Waals surface area contributed by atoms with Crippen LogP contribution in [0.2, 0.25) is 0 Å². The Morgan fingerprint density at radius 2 is 1.17 bits per heavy atom. The molecule has 0 spiro atoms. The Hall–Kier alpha value is -4.26. The first-order valence-corrected chi connectivity index (χ1v) is 9.15. The van der Waals surface area contributed by atoms with Crippen LogP contribution >= 0.6 is 0 Å². The number of hydrogen-bond acceptors (Lipinski definition) is 5. The van der Waals surface area contributed by atoms with Crippen LogP contribution in [-0.2, 0) is 0 Å². The third-order valence-corrected chi connectivity index (χ3v) is 4.12. The molecule has 0 radical (unpaired) electrons. The van der Waals surface area contributed by atoms with Gasteiger partial charge in [0.25, 0.3) is 11.8 Å². The normalized spacial score (nSPS) is 11.0. The van der Waals surface area contributed by atoms with Gasteiger partial charge < -0.3 is 5.11 Å². The third-order valence-electron chi connectivity index (χ3n) is 4.12. The summed E-state index contributed by atoms with van der Waals surface area (Å²) in [4.78, 5) is 24.1. The molecule has 150 valence electrons. The average molecular weight is 400 g/mol. The van der Waals surface area contributed by atoms with Crippen LogP contribution in [0.5, 0.6) is 5.75 Å². The maximum Gasteiger partial charge on any atom is 0.271 e. The predicted molar refractivity (Wildman–Crippen MR) is 116 cm³/mol. The van der Waals surface area contributed by atoms with Gasteiger partial charge in [0.1, 0.15) is 5.75 Å². The van der Waals surface area contributed by atoms with Crippen LogP contribution in [0.1, 0.15) is 37.4 Å². The fraction of sp³-hybridized carbons (Fsp3) is 0.0435. The predicted octanol–water partition coefficient (Wildman–Crippen LogP) is 3.23. The summed E-state index contributed by atoms with van der Waals surface area (Å²) in [5, 5.41) is 18.3. The molecule has 0 bridgehead atoms. The minimum atomic E-state index is -0.357. The fourth-order valence-electron chi connectivity index (χ4n) is 2.66. The second kappa shape index (κ2) is 9.79. The van der Waals surface area contributed by atoms with Gasteiger partial charge in [-0.05, 0) is 48.9 Å². The molecule has 0 unspecified atom stereocenters. The van der Waals surface area contributed by atoms with Gasteiger partial charge in [0.2, 0.25) is 0 Å². The monoisotopic (exact) mass is 400 g/mol. The number of phenolic OH excluding ortho intramolecular Hbond substituents is 1. The molecule has 7 nitrogen and oxygen atoms in total. The summed E-state index contributed by atoms with van der Waals surface area (Å²) in [5.41, 5.74) is 7.44. The van der Waals surface area contributed by atoms with E-state index in [1.807, 2.05) is 19.1 Å². The Balaban J connectivity index is 1.68. The number of benzene rings is 3. The summed E-state index contributed by atoms with van der Waals surface area (Å²) in [6.45, 7) is 1.85. The second-order valence-corrected chi connectivity index (χ2v) is 6.42. The summed E-state index contributed by atoms with van der Waals surface area (Å²) in [6, 6.07) is 20.8. The molecule has 0 heterocycles. The van der Waals surface area contributed by atoms with E-state index in [-0.39, 0.29) is 17.6 Å². The second-order valence-electron chi connectivity index (χ2n) is 6.42. The summed E-state index contributed by atoms with van der Waals surface area (Å²) >= 11 is 0. The van der Waals surface area contributed by atoms with E-state index in [1.165, 1.54) is 12.4 Å². The van der Waals surface area contributed by atoms with E-state index in [0.717, 1.165) is 5.56 Å². The summed E-state index contributed by atoms with van der Waals surface area (Å²) in [6.07, 6.45) is 2.70. The molecule has 2 amide bonds. The minimum Gasteiger partial charge on any atom is -0.507 e. The van der Waals surface area contributed by atoms with Crippen molar-refractivity contribution in [1.82, 2.24) is 10.9 Å². The number of phenols is 1. The Morgan fingerprint density at radius 3 is 1.57 bits per heavy atom. The van der Waals surface area contributed by atoms with E-state index in [2.05, 4.69) is 21.1 Å². The van der Waals surface area contributed by atoms with Crippen LogP contribution in [-0.4, -0.2) is 29.4 Å². The molecule has 0 aliphatic carbocycles. The first-order valence-electron chi connectivity index (χ1n) is 9.15. The lowest BCUT2D eigenvalue weighted by Crippen LogP contribution is -2.17. The quantitative estimate of drug-likeness (QED) is 0.437. The van der Waals surface area contributed by atoms with Crippen molar-refractivity contribution in [2.75, 3.05) is 0 Å². The van der Waals surface area contributed by atoms with Gasteiger partial charge >= 0.3 is 0 Å². The summed E-state index contributed by atoms with van der Waals surface area (Å²) in [7, 11) is 0. The number of aromatic hydroxyl groups is 1. The first kappa shape index (κ1) is 20.5. The Morgan fingerprint density at radius 1 is 0.767 bits per heavy atom. The lowest BCUT2D eigenvalue weighted by Gasteiger charge is -2.06. The highest BCUT2D eigenvalue weighted by molar-refractivity contribution is 5.97. The highest BCUT2D eigenvalue weighted by Gasteiger charge is 2.08. The maximum atomic E-state index is 12.0. The number of aryl methyl sites for hydroxylation is 1. The van der Waals surface area contributed by atoms with E-state index < -0.39 is 0 Å². The van der Waals surface area contributed by atoms with Gasteiger partial charge in [-0.3, -0.25) is 9.59 Å². The van der Waals surface area contributed by atoms with Crippen molar-refractivity contribution >= 4 is 24.2 Å². The molecule has 3 aromatic carbocycles. The van der Waals surface area contributed by atoms with Crippen LogP contribution in [0.4, 0.5) is 0 Å². The lowest BCUT2D eigenvalue weighted by atomic mass is 10.1. The van der Waals surface area contributed by atoms with Crippen molar-refractivity contribution in [3.8, 4) is 5.75 Å². The zero-order valence-electron chi connectivity index (χ0n) is 16.2. The molecule has 0 atom stereocenters. The van der Waals surface area contributed by atoms with E-state index in [9.17, 15) is 14.7 Å². The van der Waals surface area contributed by atoms with Crippen molar-refractivity contribution in [2.24, 2.45) is 10.2 Å². The van der Waals surface area contributed by atoms with Gasteiger partial charge in [-0.15, -0.1) is 0 Å². The van der Waals surface area contributed by atoms with Gasteiger partial charge in [0.05, 0.1) is 12.4 Å². The molecule has 30 heavy (non-hydrogen) atoms. The Bertz CT molecular complexity index is 1010. The molecular formula is C23H20N4O3. The summed E-state index contributed by atoms with van der Waals surface area (Å²) < 4.78 is 0. The minimum absolute atomic E-state index is 0.0731. The molecule has 7 heteroatoms. The SMILES string of the molecule is Cc1cc(C=NNC(=O)c2ccccc2)c(O)c(/C=N/NC(=O)c2ccccc2)c1. The summed E-state index contributed by atoms with van der Waals surface area (Å²) in [5.74, 6) is -0.787. The molecule has 0 saturated heterocycles. The standard InChI is InChI=1S/C23H20N4O3/c1-16-12-19(14-24-26-22(29)17-8-4-2-5-9-17)21(28)20(13-16)15-25-27-23(30)18-10-6-3-7-11-18/h2-15,28H,1H3,(H,26,29)(H,27,30)/b24-14+,25-15?. The van der Waals surface area contributed by atoms with Gasteiger partial charge in [0, 0.05) is 22.3 Å². The van der Waals surface area contributed by atoms with Gasteiger partial charge in [-0.2, -0.15) is 10.2 Å². The van der Waals surface area contributed by atoms with Crippen LogP contribution in [0.3, 0.4) is 0 Å². The Kier molecular flexibility index (Phi) is 6.68. The van der Waals surface area contributed by atoms with Crippen LogP contribution in [0, 0.1) is 6.92 Å². The van der Waals surface area contributed by atoms with Crippen molar-refractivity contribution in [3.63, 3.8) is 0 Å². The van der Waals surface area contributed by atoms with E-state index in [1.54, 1.807) is 60.7 Å². The smallest absolute Gasteiger partial charge is 0.271 e. The maximum absolute atomic E-state index is 12.0. The lowest BCUT2D eigenvalue weighted by molar-refractivity contribution is 0.0947. The van der Waals surface area contributed by atoms with Crippen molar-refractivity contribution in [3.05, 3.63) is 101 Å². The largest absolute Gasteiger partial charge is 0.507 e. The van der Waals surface area contributed by atoms with Crippen LogP contribution < -0.4 is 10.9 Å². The topological polar surface area (TPSA) is 103 Å². The van der Waals surface area contributed by atoms with E-state index in [4.69, 9.17) is 0 Å². The number of rotatable bonds is 6. The van der Waals surface area contributed by atoms with Gasteiger partial charge in [-0.25, -0.2) is 10.9 Å². The number of hydrazone groups is 2. The molecular weight excluding hydrogens is 380 g/mol. The zero-order valence-corrected chi connectivity index (χ0v) is 16.2. The van der Waals surface area contributed by atoms with Gasteiger partial charge in [-0.1, -0.05) is 36.4 Å². The molecule has 0 aromatic heterocycles. The number of carbonyl (C=O) groups excluding carboxylic acids is 2. The first-order chi connectivity index (χ1) is 14.5. The number of nitrogens with one attached hydrogen (secondary N) is 2. The van der Waals surface area contributed by atoms with Crippen molar-refractivity contribution in [1.29, 1.82) is 0 Å². The molecule has 3 N–H and O–H groups in total. The third kappa shape index (κ3) is 5.39. The molecule has 0 saturated carbocycles. The highest BCUT2D eigenvalue weighted by Crippen LogP contribution is 2.21. The molecule has 3 aromatic rings. The highest BCUT2D eigenvalue weighted by atomic mass is 16.3. The molecule has 0 fully saturated rings. The number of amides is 2. The molecule has 0 aliphatic heterocycles. The average Bonchev–Trinajstić information content (AvgIpc) is 2.77. The molecule has 3 rings (SSSR count). The fourth-order valence-corrected chi connectivity index (χ4v) is 2.66. The zero-order chi connectivity index (χ0) is 21.3. The van der Waals surface area contributed by atoms with Crippen LogP contribution in [0.15, 0.2) is 83.0 Å². The van der Waals surface area contributed by atoms with Crippen molar-refractivity contribution in [2.45, 2.75) is 6.92 Å². The van der Waals surface area contributed by atoms with E-state index in [0.29, 0.717) is 22.3 Å². The van der Waals surface area contributed by atoms with Crippen LogP contribution in [0.25, 0.3) is 0 Å². The van der Waals surface area contributed by atoms with Gasteiger partial charge in [0.15, 0.2) is 0 Å². The van der Waals surface area contributed by atoms with Crippen molar-refractivity contribution < 1.29 is 14.7 Å². The number of hydrogen-bond donors (Lipinski definition) is 3. The Labute approximate surface area is 173 Å². The van der Waals surface area contributed by atoms with E-state index >= 15 is 0 Å².